The first-order valence-electron chi connectivity index (χ1n) is 7.88. The number of piperidine rings is 1. The van der Waals surface area contributed by atoms with Crippen LogP contribution < -0.4 is 0 Å². The lowest BCUT2D eigenvalue weighted by Crippen LogP contribution is -2.48. The first-order valence-corrected chi connectivity index (χ1v) is 8.26. The largest absolute Gasteiger partial charge is 0.333 e. The molecule has 2 heterocycles. The van der Waals surface area contributed by atoms with Crippen LogP contribution in [0.2, 0.25) is 5.02 Å². The fraction of sp³-hybridized carbons (Fsp3) is 0.688. The van der Waals surface area contributed by atoms with Gasteiger partial charge in [-0.3, -0.25) is 4.79 Å². The summed E-state index contributed by atoms with van der Waals surface area (Å²) in [6.07, 6.45) is 4.78. The predicted molar refractivity (Wildman–Crippen MR) is 88.4 cm³/mol. The number of hydrogen-bond donors (Lipinski definition) is 0. The summed E-state index contributed by atoms with van der Waals surface area (Å²) in [5.41, 5.74) is 0.339. The van der Waals surface area contributed by atoms with Crippen LogP contribution >= 0.6 is 11.6 Å². The van der Waals surface area contributed by atoms with Gasteiger partial charge in [0.05, 0.1) is 11.2 Å². The fourth-order valence-electron chi connectivity index (χ4n) is 2.82. The van der Waals surface area contributed by atoms with Crippen LogP contribution in [-0.4, -0.2) is 58.9 Å². The Morgan fingerprint density at radius 3 is 2.82 bits per heavy atom. The van der Waals surface area contributed by atoms with Crippen LogP contribution in [0.15, 0.2) is 6.20 Å². The maximum Gasteiger partial charge on any atom is 0.274 e. The second kappa shape index (κ2) is 7.38. The molecule has 5 nitrogen and oxygen atoms in total. The van der Waals surface area contributed by atoms with Gasteiger partial charge in [-0.2, -0.15) is 0 Å². The summed E-state index contributed by atoms with van der Waals surface area (Å²) in [5.74, 6) is 0.762. The van der Waals surface area contributed by atoms with E-state index in [9.17, 15) is 4.79 Å². The van der Waals surface area contributed by atoms with Crippen LogP contribution in [0.4, 0.5) is 0 Å². The van der Waals surface area contributed by atoms with E-state index in [1.54, 1.807) is 6.20 Å². The minimum Gasteiger partial charge on any atom is -0.333 e. The van der Waals surface area contributed by atoms with Crippen molar-refractivity contribution in [2.24, 2.45) is 0 Å². The summed E-state index contributed by atoms with van der Waals surface area (Å²) >= 11 is 6.19. The van der Waals surface area contributed by atoms with Crippen molar-refractivity contribution in [2.45, 2.75) is 45.1 Å². The van der Waals surface area contributed by atoms with E-state index in [2.05, 4.69) is 14.9 Å². The first kappa shape index (κ1) is 17.2. The maximum absolute atomic E-state index is 12.9. The monoisotopic (exact) mass is 324 g/mol. The number of carbonyl (C=O) groups is 1. The van der Waals surface area contributed by atoms with Crippen molar-refractivity contribution in [3.63, 3.8) is 0 Å². The molecule has 6 heteroatoms. The summed E-state index contributed by atoms with van der Waals surface area (Å²) in [4.78, 5) is 25.6. The van der Waals surface area contributed by atoms with Crippen molar-refractivity contribution in [3.8, 4) is 0 Å². The molecule has 22 heavy (non-hydrogen) atoms. The number of aromatic nitrogens is 2. The van der Waals surface area contributed by atoms with Gasteiger partial charge in [-0.05, 0) is 33.4 Å². The Hall–Kier alpha value is -1.20. The van der Waals surface area contributed by atoms with Crippen molar-refractivity contribution in [1.82, 2.24) is 19.8 Å². The number of halogens is 1. The highest BCUT2D eigenvalue weighted by molar-refractivity contribution is 6.33. The van der Waals surface area contributed by atoms with E-state index in [0.717, 1.165) is 32.4 Å². The zero-order valence-electron chi connectivity index (χ0n) is 13.8. The Balaban J connectivity index is 2.27. The van der Waals surface area contributed by atoms with Crippen molar-refractivity contribution < 1.29 is 4.79 Å². The van der Waals surface area contributed by atoms with Gasteiger partial charge in [-0.15, -0.1) is 0 Å². The van der Waals surface area contributed by atoms with Crippen molar-refractivity contribution in [1.29, 1.82) is 0 Å². The molecule has 2 rings (SSSR count). The smallest absolute Gasteiger partial charge is 0.274 e. The number of hydrogen-bond acceptors (Lipinski definition) is 4. The third kappa shape index (κ3) is 3.96. The van der Waals surface area contributed by atoms with Crippen LogP contribution in [0.25, 0.3) is 0 Å². The normalized spacial score (nSPS) is 19.0. The zero-order chi connectivity index (χ0) is 16.3. The van der Waals surface area contributed by atoms with E-state index in [4.69, 9.17) is 11.6 Å². The molecule has 0 bridgehead atoms. The highest BCUT2D eigenvalue weighted by Crippen LogP contribution is 2.23. The molecule has 1 amide bonds. The topological polar surface area (TPSA) is 49.3 Å². The van der Waals surface area contributed by atoms with Crippen molar-refractivity contribution >= 4 is 17.5 Å². The highest BCUT2D eigenvalue weighted by Gasteiger charge is 2.30. The molecule has 0 saturated carbocycles. The van der Waals surface area contributed by atoms with Gasteiger partial charge in [0, 0.05) is 25.0 Å². The second-order valence-electron chi connectivity index (χ2n) is 6.49. The molecular weight excluding hydrogens is 300 g/mol. The molecule has 1 aliphatic heterocycles. The Morgan fingerprint density at radius 1 is 1.45 bits per heavy atom. The van der Waals surface area contributed by atoms with Crippen LogP contribution in [-0.2, 0) is 0 Å². The van der Waals surface area contributed by atoms with Gasteiger partial charge >= 0.3 is 0 Å². The molecule has 1 aromatic heterocycles. The Kier molecular flexibility index (Phi) is 5.75. The van der Waals surface area contributed by atoms with Gasteiger partial charge in [0.15, 0.2) is 5.69 Å². The van der Waals surface area contributed by atoms with Crippen molar-refractivity contribution in [2.75, 3.05) is 27.2 Å². The zero-order valence-corrected chi connectivity index (χ0v) is 14.6. The molecule has 122 valence electrons. The lowest BCUT2D eigenvalue weighted by atomic mass is 10.0. The molecule has 1 saturated heterocycles. The summed E-state index contributed by atoms with van der Waals surface area (Å²) in [5, 5.41) is 0.337. The third-order valence-corrected chi connectivity index (χ3v) is 4.22. The van der Waals surface area contributed by atoms with E-state index < -0.39 is 0 Å². The van der Waals surface area contributed by atoms with Gasteiger partial charge in [0.25, 0.3) is 5.91 Å². The van der Waals surface area contributed by atoms with Crippen LogP contribution in [0, 0.1) is 0 Å². The quantitative estimate of drug-likeness (QED) is 0.854. The molecule has 0 aromatic carbocycles. The maximum atomic E-state index is 12.9. The molecule has 0 radical (unpaired) electrons. The first-order chi connectivity index (χ1) is 10.4. The van der Waals surface area contributed by atoms with Gasteiger partial charge in [0.1, 0.15) is 5.82 Å². The lowest BCUT2D eigenvalue weighted by Gasteiger charge is -2.37. The third-order valence-electron chi connectivity index (χ3n) is 3.95. The Bertz CT molecular complexity index is 533. The number of nitrogens with zero attached hydrogens (tertiary/aromatic N) is 4. The number of carbonyl (C=O) groups excluding carboxylic acids is 1. The van der Waals surface area contributed by atoms with Crippen LogP contribution in [0.5, 0.6) is 0 Å². The van der Waals surface area contributed by atoms with Crippen molar-refractivity contribution in [3.05, 3.63) is 22.7 Å². The van der Waals surface area contributed by atoms with E-state index in [1.807, 2.05) is 32.8 Å². The summed E-state index contributed by atoms with van der Waals surface area (Å²) in [6.45, 7) is 5.65. The van der Waals surface area contributed by atoms with E-state index in [1.165, 1.54) is 0 Å². The molecule has 0 aliphatic carbocycles. The standard InChI is InChI=1S/C16H25ClN4O/c1-11(2)15-18-9-13(17)14(19-15)16(22)21-8-6-5-7-12(21)10-20(3)4/h9,11-12H,5-8,10H2,1-4H3. The summed E-state index contributed by atoms with van der Waals surface area (Å²) < 4.78 is 0. The number of rotatable bonds is 4. The molecule has 1 atom stereocenters. The molecule has 1 aromatic rings. The molecule has 1 unspecified atom stereocenters. The van der Waals surface area contributed by atoms with Gasteiger partial charge < -0.3 is 9.80 Å². The Labute approximate surface area is 137 Å². The molecule has 1 fully saturated rings. The van der Waals surface area contributed by atoms with Gasteiger partial charge in [-0.25, -0.2) is 9.97 Å². The summed E-state index contributed by atoms with van der Waals surface area (Å²) in [6, 6.07) is 0.227. The Morgan fingerprint density at radius 2 is 2.18 bits per heavy atom. The van der Waals surface area contributed by atoms with Gasteiger partial charge in [-0.1, -0.05) is 25.4 Å². The summed E-state index contributed by atoms with van der Waals surface area (Å²) in [7, 11) is 4.07. The highest BCUT2D eigenvalue weighted by atomic mass is 35.5. The molecular formula is C16H25ClN4O. The number of likely N-dealkylation sites (N-methyl/N-ethyl adjacent to an activating group) is 1. The molecule has 1 aliphatic rings. The number of likely N-dealkylation sites (tertiary alicyclic amines) is 1. The van der Waals surface area contributed by atoms with E-state index >= 15 is 0 Å². The van der Waals surface area contributed by atoms with E-state index in [-0.39, 0.29) is 17.9 Å². The number of amides is 1. The van der Waals surface area contributed by atoms with Gasteiger partial charge in [0.2, 0.25) is 0 Å². The van der Waals surface area contributed by atoms with Crippen LogP contribution in [0.3, 0.4) is 0 Å². The lowest BCUT2D eigenvalue weighted by molar-refractivity contribution is 0.0568. The second-order valence-corrected chi connectivity index (χ2v) is 6.90. The average Bonchev–Trinajstić information content (AvgIpc) is 2.46. The van der Waals surface area contributed by atoms with E-state index in [0.29, 0.717) is 16.5 Å². The fourth-order valence-corrected chi connectivity index (χ4v) is 3.00. The minimum absolute atomic E-state index is 0.0687. The predicted octanol–water partition coefficient (Wildman–Crippen LogP) is 2.81. The molecule has 0 N–H and O–H groups in total. The minimum atomic E-state index is -0.0687. The SMILES string of the molecule is CC(C)c1ncc(Cl)c(C(=O)N2CCCCC2CN(C)C)n1. The average molecular weight is 325 g/mol. The van der Waals surface area contributed by atoms with Crippen LogP contribution in [0.1, 0.15) is 55.3 Å². The molecule has 0 spiro atoms.